The van der Waals surface area contributed by atoms with Crippen LogP contribution in [-0.4, -0.2) is 9.97 Å². The molecule has 0 aliphatic heterocycles. The molecule has 18 heavy (non-hydrogen) atoms. The first-order valence-corrected chi connectivity index (χ1v) is 6.48. The Morgan fingerprint density at radius 3 is 2.78 bits per heavy atom. The number of anilines is 2. The van der Waals surface area contributed by atoms with Crippen LogP contribution in [0.4, 0.5) is 11.5 Å². The maximum Gasteiger partial charge on any atom is 0.135 e. The lowest BCUT2D eigenvalue weighted by Crippen LogP contribution is -1.98. The second-order valence-corrected chi connectivity index (χ2v) is 4.97. The van der Waals surface area contributed by atoms with Crippen molar-refractivity contribution in [3.05, 3.63) is 46.4 Å². The summed E-state index contributed by atoms with van der Waals surface area (Å²) in [5.74, 6) is 1.41. The van der Waals surface area contributed by atoms with Crippen molar-refractivity contribution in [2.45, 2.75) is 26.2 Å². The van der Waals surface area contributed by atoms with Gasteiger partial charge in [-0.2, -0.15) is 0 Å². The van der Waals surface area contributed by atoms with E-state index >= 15 is 0 Å². The quantitative estimate of drug-likeness (QED) is 0.837. The van der Waals surface area contributed by atoms with Gasteiger partial charge < -0.3 is 5.32 Å². The fourth-order valence-corrected chi connectivity index (χ4v) is 2.62. The smallest absolute Gasteiger partial charge is 0.135 e. The summed E-state index contributed by atoms with van der Waals surface area (Å²) in [6, 6.07) is 8.23. The van der Waals surface area contributed by atoms with Gasteiger partial charge in [0.2, 0.25) is 0 Å². The molecule has 1 heterocycles. The predicted molar refractivity (Wildman–Crippen MR) is 73.5 cm³/mol. The van der Waals surface area contributed by atoms with Crippen LogP contribution in [0, 0.1) is 6.92 Å². The highest BCUT2D eigenvalue weighted by molar-refractivity contribution is 6.29. The molecule has 0 fully saturated rings. The van der Waals surface area contributed by atoms with Crippen molar-refractivity contribution in [2.75, 3.05) is 5.32 Å². The Hall–Kier alpha value is -1.61. The zero-order valence-electron chi connectivity index (χ0n) is 10.2. The molecular weight excluding hydrogens is 246 g/mol. The van der Waals surface area contributed by atoms with Crippen LogP contribution in [0.2, 0.25) is 5.15 Å². The summed E-state index contributed by atoms with van der Waals surface area (Å²) in [7, 11) is 0. The highest BCUT2D eigenvalue weighted by atomic mass is 35.5. The zero-order valence-corrected chi connectivity index (χ0v) is 11.0. The van der Waals surface area contributed by atoms with Crippen LogP contribution in [0.1, 0.15) is 23.4 Å². The summed E-state index contributed by atoms with van der Waals surface area (Å²) in [6.45, 7) is 1.83. The van der Waals surface area contributed by atoms with Crippen molar-refractivity contribution in [1.29, 1.82) is 0 Å². The lowest BCUT2D eigenvalue weighted by atomic mass is 10.1. The van der Waals surface area contributed by atoms with E-state index in [4.69, 9.17) is 11.6 Å². The van der Waals surface area contributed by atoms with E-state index in [2.05, 4.69) is 33.5 Å². The molecule has 0 saturated heterocycles. The maximum atomic E-state index is 5.92. The number of nitrogens with zero attached hydrogens (tertiary/aromatic N) is 2. The van der Waals surface area contributed by atoms with Gasteiger partial charge in [0.25, 0.3) is 0 Å². The normalized spacial score (nSPS) is 13.4. The van der Waals surface area contributed by atoms with Crippen molar-refractivity contribution in [3.63, 3.8) is 0 Å². The van der Waals surface area contributed by atoms with E-state index in [1.54, 1.807) is 6.07 Å². The van der Waals surface area contributed by atoms with Gasteiger partial charge in [-0.05, 0) is 49.4 Å². The molecule has 1 aliphatic carbocycles. The zero-order chi connectivity index (χ0) is 12.5. The van der Waals surface area contributed by atoms with Crippen LogP contribution >= 0.6 is 11.6 Å². The second kappa shape index (κ2) is 4.58. The Bertz CT molecular complexity index is 575. The molecule has 0 bridgehead atoms. The van der Waals surface area contributed by atoms with Gasteiger partial charge in [-0.3, -0.25) is 0 Å². The number of aromatic nitrogens is 2. The molecular formula is C14H14ClN3. The first kappa shape index (κ1) is 11.5. The molecule has 0 atom stereocenters. The molecule has 0 saturated carbocycles. The van der Waals surface area contributed by atoms with Gasteiger partial charge >= 0.3 is 0 Å². The molecule has 4 heteroatoms. The van der Waals surface area contributed by atoms with Crippen molar-refractivity contribution in [3.8, 4) is 0 Å². The average molecular weight is 260 g/mol. The highest BCUT2D eigenvalue weighted by Gasteiger charge is 2.11. The van der Waals surface area contributed by atoms with Crippen molar-refractivity contribution in [2.24, 2.45) is 0 Å². The third kappa shape index (κ3) is 2.31. The standard InChI is InChI=1S/C14H14ClN3/c1-9-16-13(15)8-14(17-9)18-12-6-5-10-3-2-4-11(10)7-12/h5-8H,2-4H2,1H3,(H,16,17,18). The monoisotopic (exact) mass is 259 g/mol. The van der Waals surface area contributed by atoms with Crippen LogP contribution in [-0.2, 0) is 12.8 Å². The predicted octanol–water partition coefficient (Wildman–Crippen LogP) is 3.67. The van der Waals surface area contributed by atoms with Gasteiger partial charge in [-0.25, -0.2) is 9.97 Å². The van der Waals surface area contributed by atoms with E-state index in [9.17, 15) is 0 Å². The SMILES string of the molecule is Cc1nc(Cl)cc(Nc2ccc3c(c2)CCC3)n1. The van der Waals surface area contributed by atoms with Gasteiger partial charge in [0, 0.05) is 11.8 Å². The fraction of sp³-hybridized carbons (Fsp3) is 0.286. The topological polar surface area (TPSA) is 37.8 Å². The van der Waals surface area contributed by atoms with E-state index in [0.717, 1.165) is 11.5 Å². The molecule has 1 aliphatic rings. The van der Waals surface area contributed by atoms with E-state index < -0.39 is 0 Å². The number of fused-ring (bicyclic) bond motifs is 1. The van der Waals surface area contributed by atoms with Crippen molar-refractivity contribution >= 4 is 23.1 Å². The number of aryl methyl sites for hydroxylation is 3. The van der Waals surface area contributed by atoms with Crippen LogP contribution in [0.3, 0.4) is 0 Å². The highest BCUT2D eigenvalue weighted by Crippen LogP contribution is 2.26. The summed E-state index contributed by atoms with van der Waals surface area (Å²) >= 11 is 5.92. The van der Waals surface area contributed by atoms with E-state index in [0.29, 0.717) is 11.0 Å². The van der Waals surface area contributed by atoms with Gasteiger partial charge in [0.1, 0.15) is 16.8 Å². The van der Waals surface area contributed by atoms with Crippen LogP contribution in [0.25, 0.3) is 0 Å². The molecule has 0 unspecified atom stereocenters. The van der Waals surface area contributed by atoms with Gasteiger partial charge in [0.15, 0.2) is 0 Å². The Morgan fingerprint density at radius 1 is 1.11 bits per heavy atom. The fourth-order valence-electron chi connectivity index (χ4n) is 2.39. The van der Waals surface area contributed by atoms with Gasteiger partial charge in [-0.15, -0.1) is 0 Å². The van der Waals surface area contributed by atoms with Crippen molar-refractivity contribution < 1.29 is 0 Å². The molecule has 0 amide bonds. The number of nitrogens with one attached hydrogen (secondary N) is 1. The van der Waals surface area contributed by atoms with Crippen LogP contribution < -0.4 is 5.32 Å². The van der Waals surface area contributed by atoms with E-state index in [1.807, 2.05) is 6.92 Å². The summed E-state index contributed by atoms with van der Waals surface area (Å²) in [6.07, 6.45) is 3.64. The Balaban J connectivity index is 1.88. The van der Waals surface area contributed by atoms with Crippen LogP contribution in [0.5, 0.6) is 0 Å². The van der Waals surface area contributed by atoms with Gasteiger partial charge in [0.05, 0.1) is 0 Å². The average Bonchev–Trinajstić information content (AvgIpc) is 2.74. The summed E-state index contributed by atoms with van der Waals surface area (Å²) < 4.78 is 0. The number of hydrogen-bond acceptors (Lipinski definition) is 3. The number of halogens is 1. The molecule has 3 rings (SSSR count). The first-order chi connectivity index (χ1) is 8.70. The summed E-state index contributed by atoms with van der Waals surface area (Å²) in [5, 5.41) is 3.74. The number of hydrogen-bond donors (Lipinski definition) is 1. The van der Waals surface area contributed by atoms with E-state index in [1.165, 1.54) is 30.4 Å². The summed E-state index contributed by atoms with van der Waals surface area (Å²) in [4.78, 5) is 8.36. The molecule has 3 nitrogen and oxygen atoms in total. The Kier molecular flexibility index (Phi) is 2.92. The maximum absolute atomic E-state index is 5.92. The minimum Gasteiger partial charge on any atom is -0.340 e. The van der Waals surface area contributed by atoms with Crippen molar-refractivity contribution in [1.82, 2.24) is 9.97 Å². The largest absolute Gasteiger partial charge is 0.340 e. The molecule has 1 aromatic carbocycles. The first-order valence-electron chi connectivity index (χ1n) is 6.11. The Labute approximate surface area is 111 Å². The minimum atomic E-state index is 0.464. The number of rotatable bonds is 2. The minimum absolute atomic E-state index is 0.464. The van der Waals surface area contributed by atoms with E-state index in [-0.39, 0.29) is 0 Å². The Morgan fingerprint density at radius 2 is 1.94 bits per heavy atom. The summed E-state index contributed by atoms with van der Waals surface area (Å²) in [5.41, 5.74) is 3.97. The lowest BCUT2D eigenvalue weighted by Gasteiger charge is -2.08. The van der Waals surface area contributed by atoms with Crippen LogP contribution in [0.15, 0.2) is 24.3 Å². The molecule has 2 aromatic rings. The second-order valence-electron chi connectivity index (χ2n) is 4.59. The third-order valence-electron chi connectivity index (χ3n) is 3.18. The number of benzene rings is 1. The molecule has 0 radical (unpaired) electrons. The lowest BCUT2D eigenvalue weighted by molar-refractivity contribution is 0.912. The molecule has 0 spiro atoms. The molecule has 92 valence electrons. The van der Waals surface area contributed by atoms with Gasteiger partial charge in [-0.1, -0.05) is 17.7 Å². The molecule has 1 N–H and O–H groups in total. The third-order valence-corrected chi connectivity index (χ3v) is 3.37. The molecule has 1 aromatic heterocycles.